The van der Waals surface area contributed by atoms with E-state index in [0.717, 1.165) is 0 Å². The van der Waals surface area contributed by atoms with Gasteiger partial charge in [-0.2, -0.15) is 13.2 Å². The highest BCUT2D eigenvalue weighted by atomic mass is 19.4. The van der Waals surface area contributed by atoms with Gasteiger partial charge < -0.3 is 14.8 Å². The van der Waals surface area contributed by atoms with Gasteiger partial charge in [0.2, 0.25) is 5.76 Å². The van der Waals surface area contributed by atoms with Gasteiger partial charge >= 0.3 is 12.1 Å². The van der Waals surface area contributed by atoms with Crippen LogP contribution in [0.25, 0.3) is 0 Å². The van der Waals surface area contributed by atoms with Crippen molar-refractivity contribution in [3.63, 3.8) is 0 Å². The third-order valence-corrected chi connectivity index (χ3v) is 1.84. The van der Waals surface area contributed by atoms with Crippen LogP contribution in [-0.4, -0.2) is 23.8 Å². The second-order valence-corrected chi connectivity index (χ2v) is 3.12. The summed E-state index contributed by atoms with van der Waals surface area (Å²) < 4.78 is 40.0. The molecule has 0 fully saturated rings. The van der Waals surface area contributed by atoms with Gasteiger partial charge in [-0.25, -0.2) is 4.79 Å². The van der Waals surface area contributed by atoms with Crippen LogP contribution in [0.15, 0.2) is 16.7 Å². The maximum atomic E-state index is 11.8. The van der Waals surface area contributed by atoms with Crippen molar-refractivity contribution in [2.75, 3.05) is 6.54 Å². The van der Waals surface area contributed by atoms with Crippen LogP contribution in [0.5, 0.6) is 0 Å². The molecule has 0 bridgehead atoms. The minimum Gasteiger partial charge on any atom is -0.475 e. The number of carboxylic acids is 1. The molecule has 2 N–H and O–H groups in total. The minimum absolute atomic E-state index is 0.0359. The molecule has 0 aliphatic rings. The molecule has 0 saturated carbocycles. The minimum atomic E-state index is -4.21. The van der Waals surface area contributed by atoms with E-state index in [1.165, 1.54) is 12.3 Å². The molecule has 1 heterocycles. The molecule has 1 rings (SSSR count). The lowest BCUT2D eigenvalue weighted by Crippen LogP contribution is -2.21. The first kappa shape index (κ1) is 12.6. The summed E-state index contributed by atoms with van der Waals surface area (Å²) in [5.74, 6) is -1.49. The fraction of sp³-hybridized carbons (Fsp3) is 0.444. The van der Waals surface area contributed by atoms with Gasteiger partial charge in [0.1, 0.15) is 0 Å². The van der Waals surface area contributed by atoms with Crippen LogP contribution in [-0.2, 0) is 6.54 Å². The summed E-state index contributed by atoms with van der Waals surface area (Å²) >= 11 is 0. The molecule has 0 amide bonds. The van der Waals surface area contributed by atoms with E-state index in [2.05, 4.69) is 9.73 Å². The molecule has 0 aromatic carbocycles. The van der Waals surface area contributed by atoms with Crippen LogP contribution >= 0.6 is 0 Å². The van der Waals surface area contributed by atoms with Gasteiger partial charge in [-0.05, 0) is 6.07 Å². The monoisotopic (exact) mass is 237 g/mol. The smallest absolute Gasteiger partial charge is 0.390 e. The number of carboxylic acid groups (broad SMARTS) is 1. The predicted octanol–water partition coefficient (Wildman–Crippen LogP) is 2.02. The molecule has 1 aromatic rings. The number of aromatic carboxylic acids is 1. The Bertz CT molecular complexity index is 359. The van der Waals surface area contributed by atoms with E-state index in [9.17, 15) is 18.0 Å². The zero-order valence-corrected chi connectivity index (χ0v) is 8.17. The van der Waals surface area contributed by atoms with Gasteiger partial charge in [0.25, 0.3) is 0 Å². The topological polar surface area (TPSA) is 62.5 Å². The molecule has 90 valence electrons. The number of furan rings is 1. The zero-order chi connectivity index (χ0) is 12.2. The Labute approximate surface area is 89.1 Å². The Morgan fingerprint density at radius 1 is 1.50 bits per heavy atom. The average molecular weight is 237 g/mol. The molecule has 7 heteroatoms. The second-order valence-electron chi connectivity index (χ2n) is 3.12. The van der Waals surface area contributed by atoms with Crippen LogP contribution in [0.1, 0.15) is 22.5 Å². The Balaban J connectivity index is 2.38. The number of hydrogen-bond acceptors (Lipinski definition) is 3. The van der Waals surface area contributed by atoms with E-state index in [-0.39, 0.29) is 18.8 Å². The number of hydrogen-bond donors (Lipinski definition) is 2. The lowest BCUT2D eigenvalue weighted by atomic mass is 10.2. The Morgan fingerprint density at radius 2 is 2.19 bits per heavy atom. The third kappa shape index (κ3) is 3.93. The summed E-state index contributed by atoms with van der Waals surface area (Å²) in [5.41, 5.74) is 0.328. The van der Waals surface area contributed by atoms with Gasteiger partial charge in [0, 0.05) is 18.7 Å². The normalized spacial score (nSPS) is 11.7. The molecular weight excluding hydrogens is 227 g/mol. The molecule has 4 nitrogen and oxygen atoms in total. The van der Waals surface area contributed by atoms with Gasteiger partial charge in [-0.15, -0.1) is 0 Å². The van der Waals surface area contributed by atoms with Gasteiger partial charge in [-0.1, -0.05) is 0 Å². The van der Waals surface area contributed by atoms with Crippen molar-refractivity contribution in [3.8, 4) is 0 Å². The van der Waals surface area contributed by atoms with Crippen LogP contribution in [0.4, 0.5) is 13.2 Å². The first-order valence-electron chi connectivity index (χ1n) is 4.47. The van der Waals surface area contributed by atoms with Crippen molar-refractivity contribution in [2.45, 2.75) is 19.1 Å². The largest absolute Gasteiger partial charge is 0.475 e. The van der Waals surface area contributed by atoms with Crippen molar-refractivity contribution >= 4 is 5.97 Å². The zero-order valence-electron chi connectivity index (χ0n) is 8.17. The maximum Gasteiger partial charge on any atom is 0.390 e. The number of alkyl halides is 3. The van der Waals surface area contributed by atoms with Crippen molar-refractivity contribution < 1.29 is 27.5 Å². The predicted molar refractivity (Wildman–Crippen MR) is 48.0 cm³/mol. The third-order valence-electron chi connectivity index (χ3n) is 1.84. The summed E-state index contributed by atoms with van der Waals surface area (Å²) in [5, 5.41) is 11.1. The molecule has 0 aliphatic carbocycles. The van der Waals surface area contributed by atoms with Crippen molar-refractivity contribution in [3.05, 3.63) is 23.7 Å². The quantitative estimate of drug-likeness (QED) is 0.769. The van der Waals surface area contributed by atoms with Crippen LogP contribution in [0, 0.1) is 0 Å². The molecular formula is C9H10F3NO3. The van der Waals surface area contributed by atoms with E-state index in [1.807, 2.05) is 0 Å². The SMILES string of the molecule is O=C(O)c1occc1CNCCC(F)(F)F. The van der Waals surface area contributed by atoms with E-state index >= 15 is 0 Å². The lowest BCUT2D eigenvalue weighted by Gasteiger charge is -2.06. The first-order valence-corrected chi connectivity index (χ1v) is 4.47. The van der Waals surface area contributed by atoms with Gasteiger partial charge in [0.15, 0.2) is 0 Å². The van der Waals surface area contributed by atoms with Crippen LogP contribution < -0.4 is 5.32 Å². The van der Waals surface area contributed by atoms with E-state index in [1.54, 1.807) is 0 Å². The second kappa shape index (κ2) is 5.02. The van der Waals surface area contributed by atoms with E-state index < -0.39 is 18.6 Å². The van der Waals surface area contributed by atoms with Crippen molar-refractivity contribution in [1.82, 2.24) is 5.32 Å². The number of nitrogens with one attached hydrogen (secondary N) is 1. The molecule has 16 heavy (non-hydrogen) atoms. The summed E-state index contributed by atoms with van der Waals surface area (Å²) in [6.45, 7) is -0.220. The highest BCUT2D eigenvalue weighted by molar-refractivity contribution is 5.86. The fourth-order valence-corrected chi connectivity index (χ4v) is 1.12. The molecule has 0 aliphatic heterocycles. The molecule has 0 radical (unpaired) electrons. The highest BCUT2D eigenvalue weighted by Crippen LogP contribution is 2.18. The molecule has 0 unspecified atom stereocenters. The Morgan fingerprint density at radius 3 is 2.75 bits per heavy atom. The summed E-state index contributed by atoms with van der Waals surface area (Å²) in [7, 11) is 0. The van der Waals surface area contributed by atoms with Crippen molar-refractivity contribution in [2.24, 2.45) is 0 Å². The number of rotatable bonds is 5. The maximum absolute atomic E-state index is 11.8. The van der Waals surface area contributed by atoms with Crippen LogP contribution in [0.3, 0.4) is 0 Å². The first-order chi connectivity index (χ1) is 7.40. The summed E-state index contributed by atoms with van der Waals surface area (Å²) in [4.78, 5) is 10.6. The van der Waals surface area contributed by atoms with E-state index in [0.29, 0.717) is 5.56 Å². The summed E-state index contributed by atoms with van der Waals surface area (Å²) in [6, 6.07) is 1.41. The number of carbonyl (C=O) groups is 1. The highest BCUT2D eigenvalue weighted by Gasteiger charge is 2.26. The Hall–Kier alpha value is -1.50. The number of halogens is 3. The summed E-state index contributed by atoms with van der Waals surface area (Å²) in [6.07, 6.45) is -3.98. The average Bonchev–Trinajstić information content (AvgIpc) is 2.58. The molecule has 0 spiro atoms. The standard InChI is InChI=1S/C9H10F3NO3/c10-9(11,12)2-3-13-5-6-1-4-16-7(6)8(14)15/h1,4,13H,2-3,5H2,(H,14,15). The molecule has 0 atom stereocenters. The van der Waals surface area contributed by atoms with Crippen molar-refractivity contribution in [1.29, 1.82) is 0 Å². The van der Waals surface area contributed by atoms with Gasteiger partial charge in [0.05, 0.1) is 12.7 Å². The van der Waals surface area contributed by atoms with E-state index in [4.69, 9.17) is 5.11 Å². The molecule has 1 aromatic heterocycles. The van der Waals surface area contributed by atoms with Crippen LogP contribution in [0.2, 0.25) is 0 Å². The fourth-order valence-electron chi connectivity index (χ4n) is 1.12. The Kier molecular flexibility index (Phi) is 3.94. The molecule has 0 saturated heterocycles. The van der Waals surface area contributed by atoms with Gasteiger partial charge in [-0.3, -0.25) is 0 Å². The lowest BCUT2D eigenvalue weighted by molar-refractivity contribution is -0.133.